The van der Waals surface area contributed by atoms with Gasteiger partial charge in [0.15, 0.2) is 6.61 Å². The van der Waals surface area contributed by atoms with Gasteiger partial charge in [0.1, 0.15) is 5.75 Å². The van der Waals surface area contributed by atoms with Crippen LogP contribution in [-0.2, 0) is 9.53 Å². The summed E-state index contributed by atoms with van der Waals surface area (Å²) in [5, 5.41) is 3.30. The summed E-state index contributed by atoms with van der Waals surface area (Å²) in [6, 6.07) is 13.3. The van der Waals surface area contributed by atoms with Gasteiger partial charge < -0.3 is 14.8 Å². The minimum absolute atomic E-state index is 0.125. The third kappa shape index (κ3) is 6.47. The van der Waals surface area contributed by atoms with Crippen LogP contribution in [0.15, 0.2) is 48.5 Å². The third-order valence-electron chi connectivity index (χ3n) is 3.14. The maximum Gasteiger partial charge on any atom is 0.338 e. The molecule has 2 aromatic carbocycles. The number of nitrogens with one attached hydrogen (secondary N) is 1. The van der Waals surface area contributed by atoms with Crippen molar-refractivity contribution in [2.24, 2.45) is 5.92 Å². The summed E-state index contributed by atoms with van der Waals surface area (Å²) >= 11 is 5.78. The average Bonchev–Trinajstić information content (AvgIpc) is 2.60. The molecule has 0 atom stereocenters. The van der Waals surface area contributed by atoms with Crippen LogP contribution >= 0.6 is 11.6 Å². The van der Waals surface area contributed by atoms with Gasteiger partial charge in [-0.15, -0.1) is 0 Å². The van der Waals surface area contributed by atoms with E-state index in [1.807, 2.05) is 13.8 Å². The molecule has 1 amide bonds. The Kier molecular flexibility index (Phi) is 6.83. The van der Waals surface area contributed by atoms with Crippen LogP contribution in [0.1, 0.15) is 24.2 Å². The van der Waals surface area contributed by atoms with Crippen molar-refractivity contribution in [2.75, 3.05) is 18.5 Å². The molecule has 0 saturated carbocycles. The fraction of sp³-hybridized carbons (Fsp3) is 0.263. The molecule has 25 heavy (non-hydrogen) atoms. The second-order valence-electron chi connectivity index (χ2n) is 5.86. The predicted molar refractivity (Wildman–Crippen MR) is 97.1 cm³/mol. The number of rotatable bonds is 7. The number of benzene rings is 2. The molecule has 0 spiro atoms. The number of carbonyl (C=O) groups excluding carboxylic acids is 2. The number of anilines is 1. The Bertz CT molecular complexity index is 711. The lowest BCUT2D eigenvalue weighted by Crippen LogP contribution is -2.20. The summed E-state index contributed by atoms with van der Waals surface area (Å²) in [5.41, 5.74) is 1.01. The standard InChI is InChI=1S/C19H20ClNO4/c1-13(2)11-25-19(23)14-3-7-16(8-4-14)21-18(22)12-24-17-9-5-15(20)6-10-17/h3-10,13H,11-12H2,1-2H3,(H,21,22). The predicted octanol–water partition coefficient (Wildman–Crippen LogP) is 4.17. The van der Waals surface area contributed by atoms with Crippen LogP contribution < -0.4 is 10.1 Å². The molecule has 2 aromatic rings. The highest BCUT2D eigenvalue weighted by Gasteiger charge is 2.09. The summed E-state index contributed by atoms with van der Waals surface area (Å²) in [4.78, 5) is 23.7. The molecule has 5 nitrogen and oxygen atoms in total. The molecule has 1 N–H and O–H groups in total. The highest BCUT2D eigenvalue weighted by Crippen LogP contribution is 2.16. The van der Waals surface area contributed by atoms with Gasteiger partial charge in [-0.25, -0.2) is 4.79 Å². The number of hydrogen-bond acceptors (Lipinski definition) is 4. The molecule has 0 aliphatic heterocycles. The molecule has 0 aromatic heterocycles. The summed E-state index contributed by atoms with van der Waals surface area (Å²) in [7, 11) is 0. The van der Waals surface area contributed by atoms with E-state index in [2.05, 4.69) is 5.32 Å². The van der Waals surface area contributed by atoms with Gasteiger partial charge in [-0.1, -0.05) is 25.4 Å². The number of esters is 1. The Hall–Kier alpha value is -2.53. The normalized spacial score (nSPS) is 10.4. The van der Waals surface area contributed by atoms with Crippen molar-refractivity contribution in [1.29, 1.82) is 0 Å². The largest absolute Gasteiger partial charge is 0.484 e. The molecular weight excluding hydrogens is 342 g/mol. The van der Waals surface area contributed by atoms with Crippen LogP contribution in [0, 0.1) is 5.92 Å². The average molecular weight is 362 g/mol. The molecule has 2 rings (SSSR count). The van der Waals surface area contributed by atoms with Crippen LogP contribution in [0.3, 0.4) is 0 Å². The van der Waals surface area contributed by atoms with E-state index in [0.29, 0.717) is 28.6 Å². The van der Waals surface area contributed by atoms with E-state index < -0.39 is 0 Å². The Labute approximate surface area is 151 Å². The molecule has 0 aliphatic carbocycles. The van der Waals surface area contributed by atoms with Gasteiger partial charge in [-0.2, -0.15) is 0 Å². The van der Waals surface area contributed by atoms with E-state index >= 15 is 0 Å². The lowest BCUT2D eigenvalue weighted by molar-refractivity contribution is -0.118. The highest BCUT2D eigenvalue weighted by atomic mass is 35.5. The van der Waals surface area contributed by atoms with E-state index in [1.54, 1.807) is 48.5 Å². The number of halogens is 1. The Balaban J connectivity index is 1.82. The molecule has 0 heterocycles. The van der Waals surface area contributed by atoms with Gasteiger partial charge in [0.25, 0.3) is 5.91 Å². The van der Waals surface area contributed by atoms with E-state index in [9.17, 15) is 9.59 Å². The molecule has 0 radical (unpaired) electrons. The minimum atomic E-state index is -0.377. The second-order valence-corrected chi connectivity index (χ2v) is 6.30. The van der Waals surface area contributed by atoms with Crippen molar-refractivity contribution < 1.29 is 19.1 Å². The first kappa shape index (κ1) is 18.8. The minimum Gasteiger partial charge on any atom is -0.484 e. The lowest BCUT2D eigenvalue weighted by Gasteiger charge is -2.09. The molecular formula is C19H20ClNO4. The summed E-state index contributed by atoms with van der Waals surface area (Å²) in [6.45, 7) is 4.19. The van der Waals surface area contributed by atoms with Crippen molar-refractivity contribution in [2.45, 2.75) is 13.8 Å². The van der Waals surface area contributed by atoms with Gasteiger partial charge >= 0.3 is 5.97 Å². The van der Waals surface area contributed by atoms with Crippen LogP contribution in [-0.4, -0.2) is 25.1 Å². The number of carbonyl (C=O) groups is 2. The molecule has 0 saturated heterocycles. The summed E-state index contributed by atoms with van der Waals surface area (Å²) in [6.07, 6.45) is 0. The smallest absolute Gasteiger partial charge is 0.338 e. The van der Waals surface area contributed by atoms with E-state index in [0.717, 1.165) is 0 Å². The number of amides is 1. The monoisotopic (exact) mass is 361 g/mol. The quantitative estimate of drug-likeness (QED) is 0.752. The first-order valence-electron chi connectivity index (χ1n) is 7.89. The molecule has 0 fully saturated rings. The van der Waals surface area contributed by atoms with Gasteiger partial charge in [-0.05, 0) is 54.4 Å². The van der Waals surface area contributed by atoms with Crippen LogP contribution in [0.2, 0.25) is 5.02 Å². The van der Waals surface area contributed by atoms with Crippen LogP contribution in [0.25, 0.3) is 0 Å². The van der Waals surface area contributed by atoms with Crippen molar-refractivity contribution in [3.05, 3.63) is 59.1 Å². The lowest BCUT2D eigenvalue weighted by atomic mass is 10.2. The van der Waals surface area contributed by atoms with Crippen molar-refractivity contribution in [1.82, 2.24) is 0 Å². The van der Waals surface area contributed by atoms with Gasteiger partial charge in [-0.3, -0.25) is 4.79 Å². The molecule has 0 aliphatic rings. The van der Waals surface area contributed by atoms with Crippen molar-refractivity contribution in [3.63, 3.8) is 0 Å². The maximum atomic E-state index is 11.9. The van der Waals surface area contributed by atoms with Crippen molar-refractivity contribution >= 4 is 29.2 Å². The zero-order valence-corrected chi connectivity index (χ0v) is 14.9. The van der Waals surface area contributed by atoms with Gasteiger partial charge in [0.2, 0.25) is 0 Å². The summed E-state index contributed by atoms with van der Waals surface area (Å²) in [5.74, 6) is 0.161. The van der Waals surface area contributed by atoms with Crippen molar-refractivity contribution in [3.8, 4) is 5.75 Å². The Morgan fingerprint density at radius 1 is 1.04 bits per heavy atom. The third-order valence-corrected chi connectivity index (χ3v) is 3.39. The number of hydrogen-bond donors (Lipinski definition) is 1. The zero-order valence-electron chi connectivity index (χ0n) is 14.1. The Morgan fingerprint density at radius 3 is 2.28 bits per heavy atom. The summed E-state index contributed by atoms with van der Waals surface area (Å²) < 4.78 is 10.5. The Morgan fingerprint density at radius 2 is 1.68 bits per heavy atom. The fourth-order valence-corrected chi connectivity index (χ4v) is 2.02. The first-order valence-corrected chi connectivity index (χ1v) is 8.27. The zero-order chi connectivity index (χ0) is 18.2. The van der Waals surface area contributed by atoms with E-state index in [-0.39, 0.29) is 24.4 Å². The maximum absolute atomic E-state index is 11.9. The fourth-order valence-electron chi connectivity index (χ4n) is 1.89. The van der Waals surface area contributed by atoms with Crippen LogP contribution in [0.5, 0.6) is 5.75 Å². The second kappa shape index (κ2) is 9.08. The first-order chi connectivity index (χ1) is 11.9. The molecule has 0 bridgehead atoms. The SMILES string of the molecule is CC(C)COC(=O)c1ccc(NC(=O)COc2ccc(Cl)cc2)cc1. The molecule has 0 unspecified atom stereocenters. The topological polar surface area (TPSA) is 64.6 Å². The van der Waals surface area contributed by atoms with Gasteiger partial charge in [0.05, 0.1) is 12.2 Å². The number of ether oxygens (including phenoxy) is 2. The molecule has 6 heteroatoms. The molecule has 132 valence electrons. The van der Waals surface area contributed by atoms with Gasteiger partial charge in [0, 0.05) is 10.7 Å². The van der Waals surface area contributed by atoms with E-state index in [1.165, 1.54) is 0 Å². The van der Waals surface area contributed by atoms with Crippen LogP contribution in [0.4, 0.5) is 5.69 Å². The van der Waals surface area contributed by atoms with E-state index in [4.69, 9.17) is 21.1 Å². The highest BCUT2D eigenvalue weighted by molar-refractivity contribution is 6.30.